The Labute approximate surface area is 101 Å². The van der Waals surface area contributed by atoms with E-state index in [0.29, 0.717) is 19.1 Å². The fourth-order valence-corrected chi connectivity index (χ4v) is 2.03. The van der Waals surface area contributed by atoms with Gasteiger partial charge in [0.15, 0.2) is 0 Å². The van der Waals surface area contributed by atoms with Crippen molar-refractivity contribution >= 4 is 11.8 Å². The number of hydrogen-bond donors (Lipinski definition) is 2. The fraction of sp³-hybridized carbons (Fsp3) is 0.818. The normalized spacial score (nSPS) is 22.4. The first-order chi connectivity index (χ1) is 8.13. The van der Waals surface area contributed by atoms with E-state index < -0.39 is 0 Å². The van der Waals surface area contributed by atoms with E-state index >= 15 is 0 Å². The van der Waals surface area contributed by atoms with Gasteiger partial charge in [-0.25, -0.2) is 0 Å². The van der Waals surface area contributed by atoms with E-state index in [0.717, 1.165) is 39.0 Å². The molecule has 0 spiro atoms. The first-order valence-electron chi connectivity index (χ1n) is 6.16. The van der Waals surface area contributed by atoms with Crippen LogP contribution in [0.15, 0.2) is 0 Å². The first-order valence-corrected chi connectivity index (χ1v) is 6.16. The van der Waals surface area contributed by atoms with Gasteiger partial charge in [-0.1, -0.05) is 0 Å². The molecule has 0 atom stereocenters. The highest BCUT2D eigenvalue weighted by molar-refractivity contribution is 5.78. The number of nitrogens with zero attached hydrogens (tertiary/aromatic N) is 2. The average molecular weight is 240 g/mol. The van der Waals surface area contributed by atoms with Crippen molar-refractivity contribution in [3.8, 4) is 0 Å². The Morgan fingerprint density at radius 3 is 2.06 bits per heavy atom. The molecule has 17 heavy (non-hydrogen) atoms. The number of carbonyl (C=O) groups excluding carboxylic acids is 2. The molecule has 2 rings (SSSR count). The van der Waals surface area contributed by atoms with Crippen LogP contribution in [0.25, 0.3) is 0 Å². The summed E-state index contributed by atoms with van der Waals surface area (Å²) in [5.41, 5.74) is 5.14. The molecule has 3 N–H and O–H groups in total. The maximum atomic E-state index is 11.6. The fourth-order valence-electron chi connectivity index (χ4n) is 2.03. The molecule has 1 aliphatic heterocycles. The maximum absolute atomic E-state index is 11.6. The van der Waals surface area contributed by atoms with Gasteiger partial charge in [0.1, 0.15) is 0 Å². The van der Waals surface area contributed by atoms with E-state index in [1.807, 2.05) is 4.90 Å². The third-order valence-corrected chi connectivity index (χ3v) is 3.15. The van der Waals surface area contributed by atoms with Crippen LogP contribution in [0.5, 0.6) is 0 Å². The molecule has 2 amide bonds. The number of amides is 2. The van der Waals surface area contributed by atoms with Gasteiger partial charge in [-0.2, -0.15) is 0 Å². The lowest BCUT2D eigenvalue weighted by atomic mass is 10.3. The molecule has 0 aromatic carbocycles. The molecule has 0 aromatic rings. The van der Waals surface area contributed by atoms with Gasteiger partial charge in [0.2, 0.25) is 11.8 Å². The van der Waals surface area contributed by atoms with Crippen molar-refractivity contribution in [1.29, 1.82) is 0 Å². The van der Waals surface area contributed by atoms with Crippen LogP contribution < -0.4 is 11.1 Å². The van der Waals surface area contributed by atoms with Gasteiger partial charge in [0, 0.05) is 32.2 Å². The van der Waals surface area contributed by atoms with Crippen molar-refractivity contribution < 1.29 is 9.59 Å². The summed E-state index contributed by atoms with van der Waals surface area (Å²) in [4.78, 5) is 26.5. The molecule has 0 unspecified atom stereocenters. The van der Waals surface area contributed by atoms with Crippen LogP contribution in [-0.4, -0.2) is 66.9 Å². The van der Waals surface area contributed by atoms with E-state index in [9.17, 15) is 9.59 Å². The van der Waals surface area contributed by atoms with Crippen LogP contribution in [0.4, 0.5) is 0 Å². The summed E-state index contributed by atoms with van der Waals surface area (Å²) in [7, 11) is 0. The predicted molar refractivity (Wildman–Crippen MR) is 63.2 cm³/mol. The number of piperazine rings is 1. The minimum absolute atomic E-state index is 0.121. The van der Waals surface area contributed by atoms with Gasteiger partial charge in [-0.3, -0.25) is 19.4 Å². The van der Waals surface area contributed by atoms with E-state index in [1.165, 1.54) is 0 Å². The Balaban J connectivity index is 1.64. The van der Waals surface area contributed by atoms with Crippen LogP contribution in [0.1, 0.15) is 12.8 Å². The van der Waals surface area contributed by atoms with E-state index in [-0.39, 0.29) is 11.8 Å². The van der Waals surface area contributed by atoms with E-state index in [2.05, 4.69) is 10.2 Å². The van der Waals surface area contributed by atoms with Crippen molar-refractivity contribution in [2.75, 3.05) is 39.3 Å². The summed E-state index contributed by atoms with van der Waals surface area (Å²) >= 11 is 0. The largest absolute Gasteiger partial charge is 0.369 e. The molecule has 0 aromatic heterocycles. The highest BCUT2D eigenvalue weighted by atomic mass is 16.2. The standard InChI is InChI=1S/C11H20N4O2/c12-10(16)7-14-3-5-15(6-4-14)8-11(17)13-9-1-2-9/h9H,1-8H2,(H2,12,16)(H,13,17). The van der Waals surface area contributed by atoms with E-state index in [1.54, 1.807) is 0 Å². The molecule has 1 aliphatic carbocycles. The zero-order valence-electron chi connectivity index (χ0n) is 10.0. The van der Waals surface area contributed by atoms with Crippen LogP contribution >= 0.6 is 0 Å². The average Bonchev–Trinajstić information content (AvgIpc) is 3.04. The van der Waals surface area contributed by atoms with Gasteiger partial charge in [0.25, 0.3) is 0 Å². The van der Waals surface area contributed by atoms with Gasteiger partial charge in [-0.15, -0.1) is 0 Å². The minimum Gasteiger partial charge on any atom is -0.369 e. The smallest absolute Gasteiger partial charge is 0.234 e. The maximum Gasteiger partial charge on any atom is 0.234 e. The summed E-state index contributed by atoms with van der Waals surface area (Å²) in [5, 5.41) is 2.98. The summed E-state index contributed by atoms with van der Waals surface area (Å²) in [5.74, 6) is -0.166. The molecule has 1 saturated carbocycles. The highest BCUT2D eigenvalue weighted by Gasteiger charge is 2.25. The van der Waals surface area contributed by atoms with Crippen molar-refractivity contribution in [1.82, 2.24) is 15.1 Å². The zero-order chi connectivity index (χ0) is 12.3. The highest BCUT2D eigenvalue weighted by Crippen LogP contribution is 2.18. The summed E-state index contributed by atoms with van der Waals surface area (Å²) in [6.45, 7) is 4.05. The molecule has 96 valence electrons. The molecule has 6 heteroatoms. The molecular weight excluding hydrogens is 220 g/mol. The number of rotatable bonds is 5. The molecule has 1 saturated heterocycles. The topological polar surface area (TPSA) is 78.7 Å². The lowest BCUT2D eigenvalue weighted by Crippen LogP contribution is -2.51. The van der Waals surface area contributed by atoms with Gasteiger partial charge in [0.05, 0.1) is 13.1 Å². The Kier molecular flexibility index (Phi) is 3.96. The van der Waals surface area contributed by atoms with E-state index in [4.69, 9.17) is 5.73 Å². The lowest BCUT2D eigenvalue weighted by molar-refractivity contribution is -0.124. The third-order valence-electron chi connectivity index (χ3n) is 3.15. The Hall–Kier alpha value is -1.14. The zero-order valence-corrected chi connectivity index (χ0v) is 10.0. The van der Waals surface area contributed by atoms with Crippen molar-refractivity contribution in [3.05, 3.63) is 0 Å². The Bertz CT molecular complexity index is 296. The second-order valence-corrected chi connectivity index (χ2v) is 4.86. The predicted octanol–water partition coefficient (Wildman–Crippen LogP) is -1.63. The first kappa shape index (κ1) is 12.3. The summed E-state index contributed by atoms with van der Waals surface area (Å²) < 4.78 is 0. The van der Waals surface area contributed by atoms with Gasteiger partial charge < -0.3 is 11.1 Å². The van der Waals surface area contributed by atoms with Crippen molar-refractivity contribution in [3.63, 3.8) is 0 Å². The number of nitrogens with two attached hydrogens (primary N) is 1. The van der Waals surface area contributed by atoms with Gasteiger partial charge >= 0.3 is 0 Å². The Morgan fingerprint density at radius 2 is 1.59 bits per heavy atom. The van der Waals surface area contributed by atoms with Gasteiger partial charge in [-0.05, 0) is 12.8 Å². The van der Waals surface area contributed by atoms with Crippen molar-refractivity contribution in [2.24, 2.45) is 5.73 Å². The molecule has 0 bridgehead atoms. The van der Waals surface area contributed by atoms with Crippen LogP contribution in [0.2, 0.25) is 0 Å². The molecule has 2 fully saturated rings. The number of hydrogen-bond acceptors (Lipinski definition) is 4. The quantitative estimate of drug-likeness (QED) is 0.604. The SMILES string of the molecule is NC(=O)CN1CCN(CC(=O)NC2CC2)CC1. The molecule has 0 radical (unpaired) electrons. The second-order valence-electron chi connectivity index (χ2n) is 4.86. The minimum atomic E-state index is -0.287. The summed E-state index contributed by atoms with van der Waals surface area (Å²) in [6, 6.07) is 0.429. The number of nitrogens with one attached hydrogen (secondary N) is 1. The van der Waals surface area contributed by atoms with Crippen molar-refractivity contribution in [2.45, 2.75) is 18.9 Å². The lowest BCUT2D eigenvalue weighted by Gasteiger charge is -2.33. The third kappa shape index (κ3) is 4.32. The summed E-state index contributed by atoms with van der Waals surface area (Å²) in [6.07, 6.45) is 2.25. The molecule has 2 aliphatic rings. The molecule has 1 heterocycles. The van der Waals surface area contributed by atoms with Crippen LogP contribution in [0.3, 0.4) is 0 Å². The van der Waals surface area contributed by atoms with Crippen LogP contribution in [0, 0.1) is 0 Å². The monoisotopic (exact) mass is 240 g/mol. The number of primary amides is 1. The molecular formula is C11H20N4O2. The van der Waals surface area contributed by atoms with Crippen LogP contribution in [-0.2, 0) is 9.59 Å². The Morgan fingerprint density at radius 1 is 1.06 bits per heavy atom. The second kappa shape index (κ2) is 5.46. The number of carbonyl (C=O) groups is 2. The molecule has 6 nitrogen and oxygen atoms in total.